The van der Waals surface area contributed by atoms with E-state index >= 15 is 0 Å². The van der Waals surface area contributed by atoms with Gasteiger partial charge >= 0.3 is 0 Å². The molecule has 2 aliphatic rings. The van der Waals surface area contributed by atoms with E-state index < -0.39 is 12.1 Å². The van der Waals surface area contributed by atoms with Crippen LogP contribution in [0, 0.1) is 5.92 Å². The molecule has 0 unspecified atom stereocenters. The normalized spacial score (nSPS) is 34.6. The van der Waals surface area contributed by atoms with Crippen molar-refractivity contribution in [2.75, 3.05) is 13.2 Å². The summed E-state index contributed by atoms with van der Waals surface area (Å²) in [5, 5.41) is 9.68. The molecule has 0 amide bonds. The Morgan fingerprint density at radius 3 is 2.71 bits per heavy atom. The van der Waals surface area contributed by atoms with Gasteiger partial charge in [-0.3, -0.25) is 0 Å². The van der Waals surface area contributed by atoms with E-state index in [1.165, 1.54) is 0 Å². The molecular formula is C16H22O5. The van der Waals surface area contributed by atoms with Gasteiger partial charge in [0.25, 0.3) is 0 Å². The molecule has 5 nitrogen and oxygen atoms in total. The van der Waals surface area contributed by atoms with Crippen LogP contribution >= 0.6 is 0 Å². The Balaban J connectivity index is 1.64. The van der Waals surface area contributed by atoms with Crippen molar-refractivity contribution < 1.29 is 24.1 Å². The molecule has 0 aliphatic carbocycles. The fourth-order valence-electron chi connectivity index (χ4n) is 2.94. The lowest BCUT2D eigenvalue weighted by Gasteiger charge is -2.36. The Morgan fingerprint density at radius 2 is 2.00 bits per heavy atom. The highest BCUT2D eigenvalue weighted by Crippen LogP contribution is 2.37. The lowest BCUT2D eigenvalue weighted by molar-refractivity contribution is -0.240. The van der Waals surface area contributed by atoms with E-state index in [9.17, 15) is 5.11 Å². The molecule has 0 radical (unpaired) electrons. The van der Waals surface area contributed by atoms with Crippen molar-refractivity contribution in [3.8, 4) is 0 Å². The summed E-state index contributed by atoms with van der Waals surface area (Å²) in [4.78, 5) is 0. The van der Waals surface area contributed by atoms with Crippen molar-refractivity contribution in [2.24, 2.45) is 5.92 Å². The fraction of sp³-hybridized carbons (Fsp3) is 0.625. The molecule has 3 rings (SSSR count). The maximum atomic E-state index is 9.68. The molecule has 2 saturated heterocycles. The van der Waals surface area contributed by atoms with Gasteiger partial charge in [-0.25, -0.2) is 0 Å². The van der Waals surface area contributed by atoms with Crippen molar-refractivity contribution in [2.45, 2.75) is 44.7 Å². The third kappa shape index (κ3) is 3.27. The fourth-order valence-corrected chi connectivity index (χ4v) is 2.94. The van der Waals surface area contributed by atoms with Crippen LogP contribution in [0.3, 0.4) is 0 Å². The minimum atomic E-state index is -0.638. The molecule has 1 N–H and O–H groups in total. The van der Waals surface area contributed by atoms with Gasteiger partial charge in [-0.2, -0.15) is 0 Å². The number of hydrogen-bond donors (Lipinski definition) is 1. The molecule has 1 aromatic carbocycles. The van der Waals surface area contributed by atoms with Crippen LogP contribution in [-0.2, 0) is 25.6 Å². The van der Waals surface area contributed by atoms with E-state index in [1.807, 2.05) is 44.2 Å². The van der Waals surface area contributed by atoms with E-state index in [2.05, 4.69) is 0 Å². The predicted octanol–water partition coefficient (Wildman–Crippen LogP) is 1.69. The number of rotatable bonds is 4. The molecular weight excluding hydrogens is 272 g/mol. The minimum absolute atomic E-state index is 0.0555. The average Bonchev–Trinajstić information content (AvgIpc) is 2.79. The number of aliphatic hydroxyl groups excluding tert-OH is 1. The first-order valence-corrected chi connectivity index (χ1v) is 7.33. The van der Waals surface area contributed by atoms with Crippen molar-refractivity contribution >= 4 is 0 Å². The monoisotopic (exact) mass is 294 g/mol. The Morgan fingerprint density at radius 1 is 1.24 bits per heavy atom. The van der Waals surface area contributed by atoms with Crippen LogP contribution in [0.15, 0.2) is 30.3 Å². The minimum Gasteiger partial charge on any atom is -0.396 e. The zero-order chi connectivity index (χ0) is 14.9. The molecule has 2 heterocycles. The van der Waals surface area contributed by atoms with Gasteiger partial charge in [-0.05, 0) is 19.4 Å². The van der Waals surface area contributed by atoms with E-state index in [0.29, 0.717) is 13.2 Å². The van der Waals surface area contributed by atoms with Gasteiger partial charge in [0.05, 0.1) is 31.8 Å². The predicted molar refractivity (Wildman–Crippen MR) is 75.4 cm³/mol. The van der Waals surface area contributed by atoms with Crippen LogP contribution in [0.5, 0.6) is 0 Å². The quantitative estimate of drug-likeness (QED) is 0.916. The number of hydrogen-bond acceptors (Lipinski definition) is 5. The van der Waals surface area contributed by atoms with E-state index in [-0.39, 0.29) is 24.7 Å². The maximum absolute atomic E-state index is 9.68. The summed E-state index contributed by atoms with van der Waals surface area (Å²) in [6.45, 7) is 4.56. The van der Waals surface area contributed by atoms with Crippen LogP contribution < -0.4 is 0 Å². The second kappa shape index (κ2) is 6.02. The van der Waals surface area contributed by atoms with Crippen LogP contribution in [0.4, 0.5) is 0 Å². The molecule has 116 valence electrons. The third-order valence-corrected chi connectivity index (χ3v) is 3.89. The molecule has 21 heavy (non-hydrogen) atoms. The largest absolute Gasteiger partial charge is 0.396 e. The smallest absolute Gasteiger partial charge is 0.165 e. The Hall–Kier alpha value is -0.980. The number of fused-ring (bicyclic) bond motifs is 1. The summed E-state index contributed by atoms with van der Waals surface area (Å²) in [6, 6.07) is 9.90. The second-order valence-electron chi connectivity index (χ2n) is 5.98. The molecule has 2 fully saturated rings. The standard InChI is InChI=1S/C16H22O5/c1-16(2)20-13-10-19-15(12(8-17)14(13)21-16)18-9-11-6-4-3-5-7-11/h3-7,12-15,17H,8-10H2,1-2H3/t12-,13-,14+,15-/m1/s1. The third-order valence-electron chi connectivity index (χ3n) is 3.89. The van der Waals surface area contributed by atoms with Gasteiger partial charge in [0.1, 0.15) is 6.10 Å². The molecule has 4 atom stereocenters. The molecule has 0 aromatic heterocycles. The van der Waals surface area contributed by atoms with Gasteiger partial charge in [-0.1, -0.05) is 30.3 Å². The van der Waals surface area contributed by atoms with E-state index in [1.54, 1.807) is 0 Å². The summed E-state index contributed by atoms with van der Waals surface area (Å²) >= 11 is 0. The van der Waals surface area contributed by atoms with Crippen LogP contribution in [0.2, 0.25) is 0 Å². The van der Waals surface area contributed by atoms with Crippen molar-refractivity contribution in [1.82, 2.24) is 0 Å². The number of benzene rings is 1. The van der Waals surface area contributed by atoms with E-state index in [4.69, 9.17) is 18.9 Å². The zero-order valence-electron chi connectivity index (χ0n) is 12.4. The van der Waals surface area contributed by atoms with Gasteiger partial charge < -0.3 is 24.1 Å². The molecule has 0 spiro atoms. The topological polar surface area (TPSA) is 57.2 Å². The summed E-state index contributed by atoms with van der Waals surface area (Å²) in [7, 11) is 0. The van der Waals surface area contributed by atoms with Crippen LogP contribution in [0.1, 0.15) is 19.4 Å². The summed E-state index contributed by atoms with van der Waals surface area (Å²) < 4.78 is 23.2. The average molecular weight is 294 g/mol. The SMILES string of the molecule is CC1(C)O[C@H]2[C@@H](CO)[C@H](OCc3ccccc3)OC[C@H]2O1. The van der Waals surface area contributed by atoms with Gasteiger partial charge in [0.2, 0.25) is 0 Å². The first-order valence-electron chi connectivity index (χ1n) is 7.33. The first kappa shape index (κ1) is 14.9. The van der Waals surface area contributed by atoms with Crippen molar-refractivity contribution in [1.29, 1.82) is 0 Å². The molecule has 0 saturated carbocycles. The summed E-state index contributed by atoms with van der Waals surface area (Å²) in [6.07, 6.45) is -0.817. The maximum Gasteiger partial charge on any atom is 0.165 e. The van der Waals surface area contributed by atoms with Crippen molar-refractivity contribution in [3.63, 3.8) is 0 Å². The summed E-state index contributed by atoms with van der Waals surface area (Å²) in [5.74, 6) is -0.880. The lowest BCUT2D eigenvalue weighted by atomic mass is 9.95. The van der Waals surface area contributed by atoms with Gasteiger partial charge in [0.15, 0.2) is 12.1 Å². The van der Waals surface area contributed by atoms with Crippen LogP contribution in [-0.4, -0.2) is 42.6 Å². The van der Waals surface area contributed by atoms with E-state index in [0.717, 1.165) is 5.56 Å². The molecule has 1 aromatic rings. The molecule has 5 heteroatoms. The zero-order valence-corrected chi connectivity index (χ0v) is 12.4. The lowest BCUT2D eigenvalue weighted by Crippen LogP contribution is -2.50. The van der Waals surface area contributed by atoms with Crippen LogP contribution in [0.25, 0.3) is 0 Å². The second-order valence-corrected chi connectivity index (χ2v) is 5.98. The summed E-state index contributed by atoms with van der Waals surface area (Å²) in [5.41, 5.74) is 1.07. The first-order chi connectivity index (χ1) is 10.1. The highest BCUT2D eigenvalue weighted by molar-refractivity contribution is 5.13. The highest BCUT2D eigenvalue weighted by atomic mass is 16.8. The van der Waals surface area contributed by atoms with Gasteiger partial charge in [0, 0.05) is 0 Å². The Kier molecular flexibility index (Phi) is 4.28. The van der Waals surface area contributed by atoms with Gasteiger partial charge in [-0.15, -0.1) is 0 Å². The highest BCUT2D eigenvalue weighted by Gasteiger charge is 2.51. The molecule has 0 bridgehead atoms. The Labute approximate surface area is 124 Å². The number of ether oxygens (including phenoxy) is 4. The van der Waals surface area contributed by atoms with Crippen molar-refractivity contribution in [3.05, 3.63) is 35.9 Å². The Bertz CT molecular complexity index is 461. The number of aliphatic hydroxyl groups is 1. The molecule has 2 aliphatic heterocycles.